The van der Waals surface area contributed by atoms with Crippen LogP contribution in [0.1, 0.15) is 25.8 Å². The largest absolute Gasteiger partial charge is 0.493 e. The number of nitrogens with zero attached hydrogens (tertiary/aromatic N) is 1. The Kier molecular flexibility index (Phi) is 3.05. The van der Waals surface area contributed by atoms with Crippen LogP contribution in [0.25, 0.3) is 16.6 Å². The standard InChI is InChI=1S/C20H19NO2/c1-20(2)10-12-23-19-13-14(7-8-16(19)20)21-11-9-18(22)15-5-3-4-6-17(15)21/h3-9,11,13H,10,12H2,1-2H3. The van der Waals surface area contributed by atoms with Gasteiger partial charge in [0.05, 0.1) is 12.1 Å². The van der Waals surface area contributed by atoms with E-state index >= 15 is 0 Å². The Morgan fingerprint density at radius 2 is 1.91 bits per heavy atom. The minimum Gasteiger partial charge on any atom is -0.493 e. The predicted octanol–water partition coefficient (Wildman–Crippen LogP) is 4.05. The van der Waals surface area contributed by atoms with E-state index in [9.17, 15) is 4.79 Å². The van der Waals surface area contributed by atoms with Gasteiger partial charge in [0.1, 0.15) is 5.75 Å². The molecular weight excluding hydrogens is 286 g/mol. The molecule has 4 rings (SSSR count). The second-order valence-electron chi connectivity index (χ2n) is 6.73. The summed E-state index contributed by atoms with van der Waals surface area (Å²) in [5.74, 6) is 0.946. The third kappa shape index (κ3) is 2.24. The summed E-state index contributed by atoms with van der Waals surface area (Å²) in [6.45, 7) is 5.25. The summed E-state index contributed by atoms with van der Waals surface area (Å²) in [5.41, 5.74) is 3.36. The maximum atomic E-state index is 12.0. The normalized spacial score (nSPS) is 15.9. The van der Waals surface area contributed by atoms with Gasteiger partial charge in [0, 0.05) is 35.0 Å². The lowest BCUT2D eigenvalue weighted by atomic mass is 9.80. The molecule has 0 N–H and O–H groups in total. The van der Waals surface area contributed by atoms with Crippen LogP contribution in [-0.2, 0) is 5.41 Å². The zero-order chi connectivity index (χ0) is 16.0. The van der Waals surface area contributed by atoms with Crippen molar-refractivity contribution in [3.05, 3.63) is 70.5 Å². The zero-order valence-corrected chi connectivity index (χ0v) is 13.4. The van der Waals surface area contributed by atoms with Crippen LogP contribution in [0.3, 0.4) is 0 Å². The molecule has 3 aromatic rings. The average Bonchev–Trinajstić information content (AvgIpc) is 2.55. The molecule has 0 spiro atoms. The zero-order valence-electron chi connectivity index (χ0n) is 13.4. The van der Waals surface area contributed by atoms with Crippen molar-refractivity contribution in [1.29, 1.82) is 0 Å². The molecule has 1 aliphatic heterocycles. The van der Waals surface area contributed by atoms with Crippen molar-refractivity contribution in [3.8, 4) is 11.4 Å². The fourth-order valence-corrected chi connectivity index (χ4v) is 3.32. The van der Waals surface area contributed by atoms with Crippen LogP contribution >= 0.6 is 0 Å². The summed E-state index contributed by atoms with van der Waals surface area (Å²) in [7, 11) is 0. The van der Waals surface area contributed by atoms with Gasteiger partial charge in [0.15, 0.2) is 5.43 Å². The van der Waals surface area contributed by atoms with Gasteiger partial charge in [0.25, 0.3) is 0 Å². The number of aromatic nitrogens is 1. The molecule has 3 heteroatoms. The molecule has 1 aromatic heterocycles. The predicted molar refractivity (Wildman–Crippen MR) is 92.7 cm³/mol. The first-order chi connectivity index (χ1) is 11.1. The van der Waals surface area contributed by atoms with Gasteiger partial charge in [0.2, 0.25) is 0 Å². The van der Waals surface area contributed by atoms with E-state index in [1.165, 1.54) is 5.56 Å². The van der Waals surface area contributed by atoms with Crippen molar-refractivity contribution < 1.29 is 4.74 Å². The third-order valence-electron chi connectivity index (χ3n) is 4.76. The van der Waals surface area contributed by atoms with E-state index in [0.29, 0.717) is 0 Å². The first kappa shape index (κ1) is 14.1. The molecule has 0 saturated heterocycles. The highest BCUT2D eigenvalue weighted by molar-refractivity contribution is 5.80. The number of ether oxygens (including phenoxy) is 1. The SMILES string of the molecule is CC1(C)CCOc2cc(-n3ccc(=O)c4ccccc43)ccc21. The molecule has 0 atom stereocenters. The fraction of sp³-hybridized carbons (Fsp3) is 0.250. The highest BCUT2D eigenvalue weighted by Crippen LogP contribution is 2.39. The number of benzene rings is 2. The second-order valence-corrected chi connectivity index (χ2v) is 6.73. The van der Waals surface area contributed by atoms with Gasteiger partial charge in [-0.25, -0.2) is 0 Å². The fourth-order valence-electron chi connectivity index (χ4n) is 3.32. The molecule has 0 saturated carbocycles. The first-order valence-electron chi connectivity index (χ1n) is 7.94. The summed E-state index contributed by atoms with van der Waals surface area (Å²) in [5, 5.41) is 0.731. The molecule has 116 valence electrons. The van der Waals surface area contributed by atoms with Crippen LogP contribution in [0, 0.1) is 0 Å². The topological polar surface area (TPSA) is 31.2 Å². The Morgan fingerprint density at radius 1 is 1.09 bits per heavy atom. The van der Waals surface area contributed by atoms with Crippen LogP contribution in [0.15, 0.2) is 59.5 Å². The minimum absolute atomic E-state index is 0.0483. The van der Waals surface area contributed by atoms with Crippen molar-refractivity contribution >= 4 is 10.9 Å². The van der Waals surface area contributed by atoms with Gasteiger partial charge in [-0.15, -0.1) is 0 Å². The summed E-state index contributed by atoms with van der Waals surface area (Å²) < 4.78 is 7.93. The van der Waals surface area contributed by atoms with E-state index in [1.54, 1.807) is 6.07 Å². The quantitative estimate of drug-likeness (QED) is 0.679. The Bertz CT molecular complexity index is 953. The Hall–Kier alpha value is -2.55. The van der Waals surface area contributed by atoms with Gasteiger partial charge in [-0.05, 0) is 30.0 Å². The molecule has 2 aromatic carbocycles. The smallest absolute Gasteiger partial charge is 0.189 e. The first-order valence-corrected chi connectivity index (χ1v) is 7.94. The Labute approximate surface area is 135 Å². The summed E-state index contributed by atoms with van der Waals surface area (Å²) >= 11 is 0. The van der Waals surface area contributed by atoms with E-state index in [2.05, 4.69) is 32.0 Å². The van der Waals surface area contributed by atoms with Gasteiger partial charge in [-0.3, -0.25) is 4.79 Å². The summed E-state index contributed by atoms with van der Waals surface area (Å²) in [4.78, 5) is 12.0. The minimum atomic E-state index is 0.0483. The molecule has 0 unspecified atom stereocenters. The second kappa shape index (κ2) is 4.98. The lowest BCUT2D eigenvalue weighted by molar-refractivity contribution is 0.234. The molecule has 23 heavy (non-hydrogen) atoms. The molecular formula is C20H19NO2. The maximum absolute atomic E-state index is 12.0. The highest BCUT2D eigenvalue weighted by Gasteiger charge is 2.28. The van der Waals surface area contributed by atoms with Crippen LogP contribution in [0.4, 0.5) is 0 Å². The molecule has 0 aliphatic carbocycles. The number of para-hydroxylation sites is 1. The van der Waals surface area contributed by atoms with E-state index < -0.39 is 0 Å². The Morgan fingerprint density at radius 3 is 2.78 bits per heavy atom. The maximum Gasteiger partial charge on any atom is 0.189 e. The van der Waals surface area contributed by atoms with Crippen molar-refractivity contribution in [1.82, 2.24) is 4.57 Å². The lowest BCUT2D eigenvalue weighted by Crippen LogP contribution is -2.26. The van der Waals surface area contributed by atoms with Crippen molar-refractivity contribution in [3.63, 3.8) is 0 Å². The third-order valence-corrected chi connectivity index (χ3v) is 4.76. The number of hydrogen-bond acceptors (Lipinski definition) is 2. The Balaban J connectivity index is 1.93. The van der Waals surface area contributed by atoms with E-state index in [0.717, 1.165) is 35.4 Å². The molecule has 3 nitrogen and oxygen atoms in total. The van der Waals surface area contributed by atoms with Crippen LogP contribution < -0.4 is 10.2 Å². The number of fused-ring (bicyclic) bond motifs is 2. The van der Waals surface area contributed by atoms with Gasteiger partial charge in [-0.1, -0.05) is 32.0 Å². The molecule has 0 fully saturated rings. The van der Waals surface area contributed by atoms with Crippen molar-refractivity contribution in [2.24, 2.45) is 0 Å². The van der Waals surface area contributed by atoms with Crippen LogP contribution in [-0.4, -0.2) is 11.2 Å². The molecule has 1 aliphatic rings. The van der Waals surface area contributed by atoms with Crippen LogP contribution in [0.5, 0.6) is 5.75 Å². The van der Waals surface area contributed by atoms with Gasteiger partial charge < -0.3 is 9.30 Å². The van der Waals surface area contributed by atoms with Gasteiger partial charge in [-0.2, -0.15) is 0 Å². The number of hydrogen-bond donors (Lipinski definition) is 0. The summed E-state index contributed by atoms with van der Waals surface area (Å²) in [6, 6.07) is 15.6. The highest BCUT2D eigenvalue weighted by atomic mass is 16.5. The van der Waals surface area contributed by atoms with E-state index in [4.69, 9.17) is 4.74 Å². The molecule has 2 heterocycles. The lowest BCUT2D eigenvalue weighted by Gasteiger charge is -2.32. The van der Waals surface area contributed by atoms with Crippen molar-refractivity contribution in [2.45, 2.75) is 25.7 Å². The van der Waals surface area contributed by atoms with E-state index in [-0.39, 0.29) is 10.8 Å². The molecule has 0 amide bonds. The number of rotatable bonds is 1. The van der Waals surface area contributed by atoms with Gasteiger partial charge >= 0.3 is 0 Å². The van der Waals surface area contributed by atoms with E-state index in [1.807, 2.05) is 35.0 Å². The number of pyridine rings is 1. The summed E-state index contributed by atoms with van der Waals surface area (Å²) in [6.07, 6.45) is 2.86. The molecule has 0 radical (unpaired) electrons. The molecule has 0 bridgehead atoms. The van der Waals surface area contributed by atoms with Crippen LogP contribution in [0.2, 0.25) is 0 Å². The monoisotopic (exact) mass is 305 g/mol. The van der Waals surface area contributed by atoms with Crippen molar-refractivity contribution in [2.75, 3.05) is 6.61 Å². The average molecular weight is 305 g/mol.